The average Bonchev–Trinajstić information content (AvgIpc) is 2.52. The number of hydrogen-bond donors (Lipinski definition) is 2. The predicted octanol–water partition coefficient (Wildman–Crippen LogP) is 5.49. The highest BCUT2D eigenvalue weighted by Crippen LogP contribution is 2.25. The molecule has 0 amide bonds. The number of rotatable bonds is 7. The first-order chi connectivity index (χ1) is 11.1. The number of nitrogens with zero attached hydrogens (tertiary/aromatic N) is 1. The van der Waals surface area contributed by atoms with Crippen molar-refractivity contribution in [1.29, 1.82) is 0 Å². The zero-order valence-corrected chi connectivity index (χ0v) is 15.6. The molecule has 2 N–H and O–H groups in total. The van der Waals surface area contributed by atoms with Gasteiger partial charge in [0.15, 0.2) is 0 Å². The summed E-state index contributed by atoms with van der Waals surface area (Å²) in [6.07, 6.45) is 5.40. The molecule has 0 aliphatic rings. The molecule has 1 aromatic heterocycles. The van der Waals surface area contributed by atoms with E-state index in [1.165, 1.54) is 12.8 Å². The molecular formula is C19H30ClN3. The fourth-order valence-corrected chi connectivity index (χ4v) is 2.46. The zero-order chi connectivity index (χ0) is 17.1. The van der Waals surface area contributed by atoms with Crippen molar-refractivity contribution in [3.8, 4) is 0 Å². The van der Waals surface area contributed by atoms with Crippen LogP contribution in [0.1, 0.15) is 47.0 Å². The van der Waals surface area contributed by atoms with Crippen molar-refractivity contribution in [2.45, 2.75) is 53.0 Å². The van der Waals surface area contributed by atoms with E-state index in [9.17, 15) is 0 Å². The molecule has 0 saturated heterocycles. The van der Waals surface area contributed by atoms with E-state index in [4.69, 9.17) is 11.6 Å². The van der Waals surface area contributed by atoms with Gasteiger partial charge in [-0.15, -0.1) is 0 Å². The first-order valence-corrected chi connectivity index (χ1v) is 9.01. The molecule has 128 valence electrons. The minimum atomic E-state index is 0.440. The normalized spacial score (nSPS) is 11.7. The maximum Gasteiger partial charge on any atom is 0.0737 e. The third-order valence-electron chi connectivity index (χ3n) is 3.35. The van der Waals surface area contributed by atoms with Gasteiger partial charge in [0.25, 0.3) is 0 Å². The summed E-state index contributed by atoms with van der Waals surface area (Å²) in [6, 6.07) is 8.30. The van der Waals surface area contributed by atoms with Gasteiger partial charge in [0.05, 0.1) is 5.52 Å². The summed E-state index contributed by atoms with van der Waals surface area (Å²) in [4.78, 5) is 4.36. The number of nitrogens with one attached hydrogen (secondary N) is 2. The number of pyridine rings is 1. The van der Waals surface area contributed by atoms with Gasteiger partial charge in [-0.1, -0.05) is 38.8 Å². The maximum absolute atomic E-state index is 6.01. The molecule has 1 aromatic carbocycles. The summed E-state index contributed by atoms with van der Waals surface area (Å²) in [5.41, 5.74) is 2.06. The first-order valence-electron chi connectivity index (χ1n) is 8.63. The van der Waals surface area contributed by atoms with Crippen molar-refractivity contribution >= 4 is 28.2 Å². The Hall–Kier alpha value is -1.32. The highest BCUT2D eigenvalue weighted by atomic mass is 35.5. The largest absolute Gasteiger partial charge is 0.382 e. The molecule has 1 atom stereocenters. The monoisotopic (exact) mass is 335 g/mol. The molecule has 0 saturated carbocycles. The molecule has 1 unspecified atom stereocenters. The zero-order valence-electron chi connectivity index (χ0n) is 14.8. The fourth-order valence-electron chi connectivity index (χ4n) is 2.29. The van der Waals surface area contributed by atoms with Crippen LogP contribution in [0.15, 0.2) is 30.5 Å². The molecule has 0 radical (unpaired) electrons. The van der Waals surface area contributed by atoms with Gasteiger partial charge in [0.2, 0.25) is 0 Å². The topological polar surface area (TPSA) is 37.0 Å². The summed E-state index contributed by atoms with van der Waals surface area (Å²) in [6.45, 7) is 10.7. The second-order valence-corrected chi connectivity index (χ2v) is 6.20. The lowest BCUT2D eigenvalue weighted by Gasteiger charge is -2.16. The van der Waals surface area contributed by atoms with E-state index in [0.29, 0.717) is 6.04 Å². The summed E-state index contributed by atoms with van der Waals surface area (Å²) in [7, 11) is 0. The minimum Gasteiger partial charge on any atom is -0.382 e. The number of halogens is 1. The molecule has 0 bridgehead atoms. The molecule has 2 aromatic rings. The number of fused-ring (bicyclic) bond motifs is 1. The van der Waals surface area contributed by atoms with Crippen LogP contribution >= 0.6 is 11.6 Å². The van der Waals surface area contributed by atoms with Crippen LogP contribution in [0, 0.1) is 0 Å². The number of hydrogen-bond acceptors (Lipinski definition) is 3. The Morgan fingerprint density at radius 1 is 1.17 bits per heavy atom. The van der Waals surface area contributed by atoms with E-state index < -0.39 is 0 Å². The fraction of sp³-hybridized carbons (Fsp3) is 0.526. The van der Waals surface area contributed by atoms with Crippen LogP contribution in [0.5, 0.6) is 0 Å². The van der Waals surface area contributed by atoms with E-state index in [2.05, 4.69) is 43.3 Å². The third-order valence-corrected chi connectivity index (χ3v) is 3.58. The molecular weight excluding hydrogens is 306 g/mol. The molecule has 0 spiro atoms. The van der Waals surface area contributed by atoms with Crippen molar-refractivity contribution in [3.63, 3.8) is 0 Å². The van der Waals surface area contributed by atoms with Crippen LogP contribution in [0.25, 0.3) is 10.9 Å². The van der Waals surface area contributed by atoms with Crippen LogP contribution in [-0.4, -0.2) is 24.1 Å². The summed E-state index contributed by atoms with van der Waals surface area (Å²) >= 11 is 6.01. The summed E-state index contributed by atoms with van der Waals surface area (Å²) in [5, 5.41) is 8.77. The Morgan fingerprint density at radius 2 is 1.91 bits per heavy atom. The second kappa shape index (κ2) is 11.3. The molecule has 0 aliphatic heterocycles. The van der Waals surface area contributed by atoms with Gasteiger partial charge in [-0.2, -0.15) is 0 Å². The van der Waals surface area contributed by atoms with Gasteiger partial charge in [-0.05, 0) is 57.1 Å². The maximum atomic E-state index is 6.01. The van der Waals surface area contributed by atoms with Crippen molar-refractivity contribution in [2.75, 3.05) is 18.4 Å². The van der Waals surface area contributed by atoms with Crippen molar-refractivity contribution in [1.82, 2.24) is 10.3 Å². The van der Waals surface area contributed by atoms with Crippen molar-refractivity contribution < 1.29 is 0 Å². The smallest absolute Gasteiger partial charge is 0.0737 e. The highest BCUT2D eigenvalue weighted by molar-refractivity contribution is 6.31. The predicted molar refractivity (Wildman–Crippen MR) is 104 cm³/mol. The van der Waals surface area contributed by atoms with Crippen LogP contribution in [0.4, 0.5) is 5.69 Å². The van der Waals surface area contributed by atoms with E-state index in [0.717, 1.165) is 41.1 Å². The SMILES string of the molecule is CCC.CCNCCCC(C)Nc1ccnc2cc(Cl)ccc12. The van der Waals surface area contributed by atoms with E-state index in [-0.39, 0.29) is 0 Å². The standard InChI is InChI=1S/C16H22ClN3.C3H8/c1-3-18-9-4-5-12(2)20-15-8-10-19-16-11-13(17)6-7-14(15)16;1-3-2/h6-8,10-12,18H,3-5,9H2,1-2H3,(H,19,20);3H2,1-2H3. The summed E-state index contributed by atoms with van der Waals surface area (Å²) < 4.78 is 0. The van der Waals surface area contributed by atoms with E-state index in [1.807, 2.05) is 30.5 Å². The lowest BCUT2D eigenvalue weighted by Crippen LogP contribution is -2.19. The van der Waals surface area contributed by atoms with Gasteiger partial charge in [0, 0.05) is 28.3 Å². The second-order valence-electron chi connectivity index (χ2n) is 5.77. The van der Waals surface area contributed by atoms with Crippen LogP contribution in [0.3, 0.4) is 0 Å². The minimum absolute atomic E-state index is 0.440. The molecule has 4 heteroatoms. The Kier molecular flexibility index (Phi) is 9.65. The quantitative estimate of drug-likeness (QED) is 0.656. The Balaban J connectivity index is 0.000000816. The first kappa shape index (κ1) is 19.7. The van der Waals surface area contributed by atoms with E-state index >= 15 is 0 Å². The number of benzene rings is 1. The van der Waals surface area contributed by atoms with Gasteiger partial charge < -0.3 is 10.6 Å². The molecule has 0 fully saturated rings. The highest BCUT2D eigenvalue weighted by Gasteiger charge is 2.06. The van der Waals surface area contributed by atoms with Gasteiger partial charge in [0.1, 0.15) is 0 Å². The summed E-state index contributed by atoms with van der Waals surface area (Å²) in [5.74, 6) is 0. The lowest BCUT2D eigenvalue weighted by atomic mass is 10.1. The molecule has 2 rings (SSSR count). The molecule has 3 nitrogen and oxygen atoms in total. The van der Waals surface area contributed by atoms with E-state index in [1.54, 1.807) is 0 Å². The van der Waals surface area contributed by atoms with Crippen LogP contribution in [0.2, 0.25) is 5.02 Å². The third kappa shape index (κ3) is 7.19. The average molecular weight is 336 g/mol. The number of anilines is 1. The molecule has 1 heterocycles. The molecule has 0 aliphatic carbocycles. The van der Waals surface area contributed by atoms with Gasteiger partial charge >= 0.3 is 0 Å². The Morgan fingerprint density at radius 3 is 2.61 bits per heavy atom. The van der Waals surface area contributed by atoms with Crippen LogP contribution < -0.4 is 10.6 Å². The van der Waals surface area contributed by atoms with Crippen LogP contribution in [-0.2, 0) is 0 Å². The lowest BCUT2D eigenvalue weighted by molar-refractivity contribution is 0.603. The number of aromatic nitrogens is 1. The van der Waals surface area contributed by atoms with Crippen molar-refractivity contribution in [2.24, 2.45) is 0 Å². The Labute approximate surface area is 145 Å². The van der Waals surface area contributed by atoms with Gasteiger partial charge in [-0.3, -0.25) is 4.98 Å². The van der Waals surface area contributed by atoms with Gasteiger partial charge in [-0.25, -0.2) is 0 Å². The van der Waals surface area contributed by atoms with Crippen molar-refractivity contribution in [3.05, 3.63) is 35.5 Å². The Bertz CT molecular complexity index is 572. The molecule has 23 heavy (non-hydrogen) atoms.